The highest BCUT2D eigenvalue weighted by atomic mass is 79.9. The van der Waals surface area contributed by atoms with Crippen LogP contribution in [0.25, 0.3) is 10.9 Å². The molecule has 104 valence electrons. The maximum atomic E-state index is 12.1. The molecule has 0 saturated carbocycles. The van der Waals surface area contributed by atoms with Crippen molar-refractivity contribution in [1.29, 1.82) is 0 Å². The van der Waals surface area contributed by atoms with E-state index in [9.17, 15) is 4.79 Å². The Morgan fingerprint density at radius 1 is 1.50 bits per heavy atom. The number of hydrogen-bond donors (Lipinski definition) is 2. The maximum absolute atomic E-state index is 12.1. The van der Waals surface area contributed by atoms with Crippen molar-refractivity contribution in [3.05, 3.63) is 34.9 Å². The molecule has 1 atom stereocenters. The molecule has 0 aliphatic carbocycles. The molecule has 1 aromatic heterocycles. The van der Waals surface area contributed by atoms with Crippen molar-refractivity contribution in [2.24, 2.45) is 5.92 Å². The summed E-state index contributed by atoms with van der Waals surface area (Å²) in [4.78, 5) is 16.5. The number of hydrogen-bond acceptors (Lipinski definition) is 3. The van der Waals surface area contributed by atoms with Gasteiger partial charge in [0.05, 0.1) is 11.2 Å². The summed E-state index contributed by atoms with van der Waals surface area (Å²) in [5, 5.41) is 7.28. The van der Waals surface area contributed by atoms with E-state index in [1.807, 2.05) is 24.3 Å². The molecule has 3 rings (SSSR count). The van der Waals surface area contributed by atoms with Crippen molar-refractivity contribution < 1.29 is 4.79 Å². The van der Waals surface area contributed by atoms with Gasteiger partial charge in [0.2, 0.25) is 5.91 Å². The predicted molar refractivity (Wildman–Crippen MR) is 83.7 cm³/mol. The van der Waals surface area contributed by atoms with Crippen LogP contribution in [0.4, 0.5) is 5.69 Å². The average Bonchev–Trinajstić information content (AvgIpc) is 2.91. The molecule has 0 bridgehead atoms. The van der Waals surface area contributed by atoms with E-state index in [2.05, 4.69) is 31.5 Å². The van der Waals surface area contributed by atoms with Crippen LogP contribution in [-0.4, -0.2) is 24.0 Å². The highest BCUT2D eigenvalue weighted by Gasteiger charge is 2.18. The highest BCUT2D eigenvalue weighted by molar-refractivity contribution is 9.10. The second kappa shape index (κ2) is 5.89. The van der Waals surface area contributed by atoms with E-state index in [1.165, 1.54) is 0 Å². The number of anilines is 1. The summed E-state index contributed by atoms with van der Waals surface area (Å²) in [5.74, 6) is 0.517. The van der Waals surface area contributed by atoms with Crippen molar-refractivity contribution in [3.63, 3.8) is 0 Å². The zero-order valence-corrected chi connectivity index (χ0v) is 12.6. The van der Waals surface area contributed by atoms with Gasteiger partial charge in [-0.3, -0.25) is 9.78 Å². The number of fused-ring (bicyclic) bond motifs is 1. The molecule has 4 nitrogen and oxygen atoms in total. The molecule has 0 spiro atoms. The fourth-order valence-corrected chi connectivity index (χ4v) is 2.94. The molecule has 2 heterocycles. The van der Waals surface area contributed by atoms with Gasteiger partial charge in [0.1, 0.15) is 0 Å². The van der Waals surface area contributed by atoms with Crippen LogP contribution in [0.2, 0.25) is 0 Å². The van der Waals surface area contributed by atoms with Crippen molar-refractivity contribution in [3.8, 4) is 0 Å². The van der Waals surface area contributed by atoms with Crippen molar-refractivity contribution in [1.82, 2.24) is 10.3 Å². The number of amides is 1. The van der Waals surface area contributed by atoms with E-state index >= 15 is 0 Å². The van der Waals surface area contributed by atoms with Crippen LogP contribution in [0.3, 0.4) is 0 Å². The second-order valence-electron chi connectivity index (χ2n) is 5.14. The Morgan fingerprint density at radius 2 is 2.40 bits per heavy atom. The summed E-state index contributed by atoms with van der Waals surface area (Å²) in [6, 6.07) is 7.82. The van der Waals surface area contributed by atoms with Gasteiger partial charge in [-0.05, 0) is 53.5 Å². The van der Waals surface area contributed by atoms with Gasteiger partial charge in [-0.1, -0.05) is 12.1 Å². The fraction of sp³-hybridized carbons (Fsp3) is 0.333. The Bertz CT molecular complexity index is 638. The normalized spacial score (nSPS) is 18.4. The minimum absolute atomic E-state index is 0.0657. The van der Waals surface area contributed by atoms with Crippen molar-refractivity contribution in [2.75, 3.05) is 18.4 Å². The van der Waals surface area contributed by atoms with Crippen LogP contribution in [0.1, 0.15) is 12.8 Å². The largest absolute Gasteiger partial charge is 0.324 e. The van der Waals surface area contributed by atoms with Crippen LogP contribution in [0.15, 0.2) is 34.9 Å². The molecule has 2 N–H and O–H groups in total. The minimum Gasteiger partial charge on any atom is -0.324 e. The quantitative estimate of drug-likeness (QED) is 0.907. The van der Waals surface area contributed by atoms with Crippen molar-refractivity contribution >= 4 is 38.4 Å². The third kappa shape index (κ3) is 2.99. The zero-order chi connectivity index (χ0) is 13.9. The van der Waals surface area contributed by atoms with Crippen molar-refractivity contribution in [2.45, 2.75) is 12.8 Å². The van der Waals surface area contributed by atoms with Gasteiger partial charge in [-0.25, -0.2) is 0 Å². The lowest BCUT2D eigenvalue weighted by Crippen LogP contribution is -2.18. The van der Waals surface area contributed by atoms with Gasteiger partial charge in [-0.15, -0.1) is 0 Å². The SMILES string of the molecule is O=C(CC1CCNC1)Nc1cccc2cc(Br)cnc12. The summed E-state index contributed by atoms with van der Waals surface area (Å²) in [6.07, 6.45) is 3.40. The van der Waals surface area contributed by atoms with E-state index in [-0.39, 0.29) is 5.91 Å². The zero-order valence-electron chi connectivity index (χ0n) is 11.0. The first-order valence-electron chi connectivity index (χ1n) is 6.77. The minimum atomic E-state index is 0.0657. The first-order chi connectivity index (χ1) is 9.72. The number of halogens is 1. The molecular formula is C15H16BrN3O. The Morgan fingerprint density at radius 3 is 3.20 bits per heavy atom. The lowest BCUT2D eigenvalue weighted by atomic mass is 10.0. The topological polar surface area (TPSA) is 54.0 Å². The smallest absolute Gasteiger partial charge is 0.224 e. The lowest BCUT2D eigenvalue weighted by molar-refractivity contribution is -0.116. The number of aromatic nitrogens is 1. The van der Waals surface area contributed by atoms with Gasteiger partial charge in [0.15, 0.2) is 0 Å². The lowest BCUT2D eigenvalue weighted by Gasteiger charge is -2.11. The summed E-state index contributed by atoms with van der Waals surface area (Å²) in [5.41, 5.74) is 1.61. The number of pyridine rings is 1. The van der Waals surface area contributed by atoms with Crippen LogP contribution >= 0.6 is 15.9 Å². The van der Waals surface area contributed by atoms with E-state index < -0.39 is 0 Å². The standard InChI is InChI=1S/C15H16BrN3O/c16-12-7-11-2-1-3-13(15(11)18-9-12)19-14(20)6-10-4-5-17-8-10/h1-3,7,9-10,17H,4-6,8H2,(H,19,20). The van der Waals surface area contributed by atoms with Gasteiger partial charge in [-0.2, -0.15) is 0 Å². The Kier molecular flexibility index (Phi) is 3.98. The highest BCUT2D eigenvalue weighted by Crippen LogP contribution is 2.24. The molecule has 5 heteroatoms. The van der Waals surface area contributed by atoms with Crippen LogP contribution < -0.4 is 10.6 Å². The first-order valence-corrected chi connectivity index (χ1v) is 7.56. The van der Waals surface area contributed by atoms with Gasteiger partial charge in [0, 0.05) is 22.5 Å². The van der Waals surface area contributed by atoms with Gasteiger partial charge in [0.25, 0.3) is 0 Å². The first kappa shape index (κ1) is 13.5. The van der Waals surface area contributed by atoms with E-state index in [0.29, 0.717) is 12.3 Å². The van der Waals surface area contributed by atoms with Gasteiger partial charge >= 0.3 is 0 Å². The molecule has 1 unspecified atom stereocenters. The number of nitrogens with zero attached hydrogens (tertiary/aromatic N) is 1. The number of carbonyl (C=O) groups is 1. The summed E-state index contributed by atoms with van der Waals surface area (Å²) < 4.78 is 0.936. The Labute approximate surface area is 126 Å². The fourth-order valence-electron chi connectivity index (χ4n) is 2.59. The van der Waals surface area contributed by atoms with E-state index in [0.717, 1.165) is 40.6 Å². The molecule has 1 saturated heterocycles. The number of rotatable bonds is 3. The molecule has 0 radical (unpaired) electrons. The maximum Gasteiger partial charge on any atom is 0.224 e. The average molecular weight is 334 g/mol. The predicted octanol–water partition coefficient (Wildman–Crippen LogP) is 2.94. The summed E-state index contributed by atoms with van der Waals surface area (Å²) in [7, 11) is 0. The molecule has 1 aromatic carbocycles. The molecule has 1 amide bonds. The second-order valence-corrected chi connectivity index (χ2v) is 6.06. The summed E-state index contributed by atoms with van der Waals surface area (Å²) in [6.45, 7) is 1.95. The molecule has 1 aliphatic rings. The molecular weight excluding hydrogens is 318 g/mol. The Balaban J connectivity index is 1.78. The third-order valence-corrected chi connectivity index (χ3v) is 4.02. The van der Waals surface area contributed by atoms with E-state index in [4.69, 9.17) is 0 Å². The van der Waals surface area contributed by atoms with E-state index in [1.54, 1.807) is 6.20 Å². The molecule has 1 aliphatic heterocycles. The Hall–Kier alpha value is -1.46. The molecule has 2 aromatic rings. The van der Waals surface area contributed by atoms with Crippen LogP contribution in [0.5, 0.6) is 0 Å². The molecule has 1 fully saturated rings. The third-order valence-electron chi connectivity index (χ3n) is 3.59. The van der Waals surface area contributed by atoms with Crippen LogP contribution in [0, 0.1) is 5.92 Å². The van der Waals surface area contributed by atoms with Crippen LogP contribution in [-0.2, 0) is 4.79 Å². The number of benzene rings is 1. The number of para-hydroxylation sites is 1. The monoisotopic (exact) mass is 333 g/mol. The molecule has 20 heavy (non-hydrogen) atoms. The number of carbonyl (C=O) groups excluding carboxylic acids is 1. The summed E-state index contributed by atoms with van der Waals surface area (Å²) >= 11 is 3.41. The van der Waals surface area contributed by atoms with Gasteiger partial charge < -0.3 is 10.6 Å². The number of nitrogens with one attached hydrogen (secondary N) is 2.